The number of amides is 1. The third-order valence-electron chi connectivity index (χ3n) is 4.63. The lowest BCUT2D eigenvalue weighted by Gasteiger charge is -2.15. The van der Waals surface area contributed by atoms with Gasteiger partial charge in [-0.2, -0.15) is 13.2 Å². The molecule has 0 saturated heterocycles. The molecule has 1 atom stereocenters. The molecule has 0 aliphatic heterocycles. The zero-order chi connectivity index (χ0) is 21.9. The molecule has 0 radical (unpaired) electrons. The van der Waals surface area contributed by atoms with E-state index in [9.17, 15) is 22.8 Å². The van der Waals surface area contributed by atoms with Crippen molar-refractivity contribution < 1.29 is 27.5 Å². The minimum atomic E-state index is -4.41. The van der Waals surface area contributed by atoms with Crippen molar-refractivity contribution in [2.75, 3.05) is 6.61 Å². The van der Waals surface area contributed by atoms with Gasteiger partial charge in [0.15, 0.2) is 6.61 Å². The Morgan fingerprint density at radius 2 is 1.87 bits per heavy atom. The number of benzene rings is 1. The van der Waals surface area contributed by atoms with Crippen LogP contribution in [-0.4, -0.2) is 34.4 Å². The maximum absolute atomic E-state index is 12.6. The van der Waals surface area contributed by atoms with Gasteiger partial charge in [0.1, 0.15) is 23.1 Å². The molecule has 6 nitrogen and oxygen atoms in total. The second-order valence-electron chi connectivity index (χ2n) is 7.40. The Kier molecular flexibility index (Phi) is 6.38. The number of aryl methyl sites for hydroxylation is 1. The fraction of sp³-hybridized carbons (Fsp3) is 0.429. The van der Waals surface area contributed by atoms with Crippen LogP contribution in [0.1, 0.15) is 53.4 Å². The van der Waals surface area contributed by atoms with Crippen LogP contribution in [0, 0.1) is 12.8 Å². The number of alkyl halides is 3. The Bertz CT molecular complexity index is 925. The summed E-state index contributed by atoms with van der Waals surface area (Å²) in [6, 6.07) is 7.13. The molecular formula is C21H22F3N3O3. The largest absolute Gasteiger partial charge is 0.484 e. The zero-order valence-electron chi connectivity index (χ0n) is 16.6. The van der Waals surface area contributed by atoms with Crippen molar-refractivity contribution in [1.29, 1.82) is 0 Å². The first-order valence-corrected chi connectivity index (χ1v) is 9.58. The van der Waals surface area contributed by atoms with Gasteiger partial charge in [-0.25, -0.2) is 9.97 Å². The number of aromatic nitrogens is 2. The van der Waals surface area contributed by atoms with E-state index < -0.39 is 24.7 Å². The number of nitrogens with one attached hydrogen (secondary N) is 1. The zero-order valence-corrected chi connectivity index (χ0v) is 16.6. The topological polar surface area (TPSA) is 81.2 Å². The number of carbonyl (C=O) groups excluding carboxylic acids is 2. The monoisotopic (exact) mass is 421 g/mol. The van der Waals surface area contributed by atoms with Gasteiger partial charge >= 0.3 is 6.18 Å². The van der Waals surface area contributed by atoms with Crippen molar-refractivity contribution in [3.63, 3.8) is 0 Å². The van der Waals surface area contributed by atoms with E-state index in [4.69, 9.17) is 0 Å². The van der Waals surface area contributed by atoms with Crippen LogP contribution in [0.2, 0.25) is 0 Å². The molecule has 1 N–H and O–H groups in total. The smallest absolute Gasteiger partial charge is 0.422 e. The molecule has 9 heteroatoms. The van der Waals surface area contributed by atoms with Crippen LogP contribution in [0.4, 0.5) is 13.2 Å². The third kappa shape index (κ3) is 6.27. The Labute approximate surface area is 171 Å². The van der Waals surface area contributed by atoms with Crippen LogP contribution in [-0.2, 0) is 11.2 Å². The number of nitrogens with zero attached hydrogens (tertiary/aromatic N) is 2. The normalized spacial score (nSPS) is 14.8. The SMILES string of the molecule is Cc1cc(C(=O)NC(C)c2ccc(OCC(F)(F)F)cc2)nc(CC(=O)C2CC2)n1. The second-order valence-corrected chi connectivity index (χ2v) is 7.40. The first kappa shape index (κ1) is 21.7. The van der Waals surface area contributed by atoms with Crippen molar-refractivity contribution in [2.45, 2.75) is 45.3 Å². The molecule has 1 aliphatic rings. The van der Waals surface area contributed by atoms with Crippen LogP contribution < -0.4 is 10.1 Å². The molecule has 1 heterocycles. The highest BCUT2D eigenvalue weighted by Crippen LogP contribution is 2.30. The highest BCUT2D eigenvalue weighted by molar-refractivity contribution is 5.92. The number of carbonyl (C=O) groups is 2. The van der Waals surface area contributed by atoms with Gasteiger partial charge in [0, 0.05) is 11.6 Å². The maximum Gasteiger partial charge on any atom is 0.422 e. The van der Waals surface area contributed by atoms with Gasteiger partial charge < -0.3 is 10.1 Å². The highest BCUT2D eigenvalue weighted by Gasteiger charge is 2.30. The van der Waals surface area contributed by atoms with E-state index in [-0.39, 0.29) is 29.6 Å². The molecule has 160 valence electrons. The van der Waals surface area contributed by atoms with E-state index in [1.54, 1.807) is 32.0 Å². The molecular weight excluding hydrogens is 399 g/mol. The summed E-state index contributed by atoms with van der Waals surface area (Å²) in [6.07, 6.45) is -2.50. The number of Topliss-reactive ketones (excluding diaryl/α,β-unsaturated/α-hetero) is 1. The first-order valence-electron chi connectivity index (χ1n) is 9.58. The summed E-state index contributed by atoms with van der Waals surface area (Å²) in [7, 11) is 0. The van der Waals surface area contributed by atoms with Crippen LogP contribution in [0.25, 0.3) is 0 Å². The summed E-state index contributed by atoms with van der Waals surface area (Å²) >= 11 is 0. The van der Waals surface area contributed by atoms with Crippen molar-refractivity contribution in [3.8, 4) is 5.75 Å². The van der Waals surface area contributed by atoms with Crippen LogP contribution in [0.15, 0.2) is 30.3 Å². The summed E-state index contributed by atoms with van der Waals surface area (Å²) < 4.78 is 41.3. The first-order chi connectivity index (χ1) is 14.1. The lowest BCUT2D eigenvalue weighted by molar-refractivity contribution is -0.153. The van der Waals surface area contributed by atoms with E-state index in [0.29, 0.717) is 17.1 Å². The average molecular weight is 421 g/mol. The molecule has 1 unspecified atom stereocenters. The molecule has 0 spiro atoms. The van der Waals surface area contributed by atoms with Gasteiger partial charge in [0.2, 0.25) is 0 Å². The lowest BCUT2D eigenvalue weighted by atomic mass is 10.1. The number of ketones is 1. The summed E-state index contributed by atoms with van der Waals surface area (Å²) in [6.45, 7) is 2.11. The molecule has 1 aliphatic carbocycles. The number of ether oxygens (including phenoxy) is 1. The van der Waals surface area contributed by atoms with E-state index in [1.165, 1.54) is 12.1 Å². The van der Waals surface area contributed by atoms with Gasteiger partial charge in [0.05, 0.1) is 12.5 Å². The molecule has 1 aromatic carbocycles. The quantitative estimate of drug-likeness (QED) is 0.702. The number of halogens is 3. The van der Waals surface area contributed by atoms with Gasteiger partial charge in [-0.15, -0.1) is 0 Å². The summed E-state index contributed by atoms with van der Waals surface area (Å²) in [5, 5.41) is 2.80. The fourth-order valence-corrected chi connectivity index (χ4v) is 2.90. The standard InChI is InChI=1S/C21H22F3N3O3/c1-12-9-17(27-19(25-12)10-18(28)15-3-4-15)20(29)26-13(2)14-5-7-16(8-6-14)30-11-21(22,23)24/h5-9,13,15H,3-4,10-11H2,1-2H3,(H,26,29). The number of rotatable bonds is 8. The highest BCUT2D eigenvalue weighted by atomic mass is 19.4. The van der Waals surface area contributed by atoms with E-state index in [2.05, 4.69) is 20.0 Å². The second kappa shape index (κ2) is 8.81. The minimum absolute atomic E-state index is 0.0889. The van der Waals surface area contributed by atoms with E-state index >= 15 is 0 Å². The summed E-state index contributed by atoms with van der Waals surface area (Å²) in [4.78, 5) is 33.1. The van der Waals surface area contributed by atoms with E-state index in [0.717, 1.165) is 12.8 Å². The minimum Gasteiger partial charge on any atom is -0.484 e. The molecule has 30 heavy (non-hydrogen) atoms. The van der Waals surface area contributed by atoms with Gasteiger partial charge in [0.25, 0.3) is 5.91 Å². The predicted molar refractivity (Wildman–Crippen MR) is 102 cm³/mol. The van der Waals surface area contributed by atoms with Crippen LogP contribution in [0.3, 0.4) is 0 Å². The average Bonchev–Trinajstić information content (AvgIpc) is 3.51. The Morgan fingerprint density at radius 1 is 1.20 bits per heavy atom. The van der Waals surface area contributed by atoms with Crippen molar-refractivity contribution in [2.24, 2.45) is 5.92 Å². The fourth-order valence-electron chi connectivity index (χ4n) is 2.90. The third-order valence-corrected chi connectivity index (χ3v) is 4.63. The molecule has 0 bridgehead atoms. The van der Waals surface area contributed by atoms with Gasteiger partial charge in [-0.1, -0.05) is 12.1 Å². The van der Waals surface area contributed by atoms with Gasteiger partial charge in [-0.05, 0) is 50.5 Å². The molecule has 1 amide bonds. The van der Waals surface area contributed by atoms with E-state index in [1.807, 2.05) is 0 Å². The van der Waals surface area contributed by atoms with Crippen molar-refractivity contribution >= 4 is 11.7 Å². The summed E-state index contributed by atoms with van der Waals surface area (Å²) in [5.74, 6) is 0.176. The maximum atomic E-state index is 12.6. The van der Waals surface area contributed by atoms with Crippen molar-refractivity contribution in [1.82, 2.24) is 15.3 Å². The Balaban J connectivity index is 1.62. The number of hydrogen-bond donors (Lipinski definition) is 1. The predicted octanol–water partition coefficient (Wildman–Crippen LogP) is 3.74. The Morgan fingerprint density at radius 3 is 2.47 bits per heavy atom. The summed E-state index contributed by atoms with van der Waals surface area (Å²) in [5.41, 5.74) is 1.45. The Hall–Kier alpha value is -2.97. The molecule has 1 saturated carbocycles. The van der Waals surface area contributed by atoms with Crippen LogP contribution in [0.5, 0.6) is 5.75 Å². The molecule has 3 rings (SSSR count). The van der Waals surface area contributed by atoms with Gasteiger partial charge in [-0.3, -0.25) is 9.59 Å². The lowest BCUT2D eigenvalue weighted by Crippen LogP contribution is -2.28. The van der Waals surface area contributed by atoms with Crippen LogP contribution >= 0.6 is 0 Å². The molecule has 2 aromatic rings. The molecule has 1 fully saturated rings. The van der Waals surface area contributed by atoms with Crippen molar-refractivity contribution in [3.05, 3.63) is 53.1 Å². The number of hydrogen-bond acceptors (Lipinski definition) is 5. The molecule has 1 aromatic heterocycles.